The molecule has 0 unspecified atom stereocenters. The van der Waals surface area contributed by atoms with E-state index in [0.717, 1.165) is 12.0 Å². The predicted octanol–water partition coefficient (Wildman–Crippen LogP) is 2.96. The van der Waals surface area contributed by atoms with Gasteiger partial charge < -0.3 is 24.2 Å². The van der Waals surface area contributed by atoms with Gasteiger partial charge in [-0.25, -0.2) is 4.79 Å². The van der Waals surface area contributed by atoms with Crippen LogP contribution in [-0.2, 0) is 17.9 Å². The lowest BCUT2D eigenvalue weighted by Crippen LogP contribution is -2.57. The van der Waals surface area contributed by atoms with Gasteiger partial charge in [-0.2, -0.15) is 0 Å². The van der Waals surface area contributed by atoms with E-state index in [1.165, 1.54) is 0 Å². The van der Waals surface area contributed by atoms with Crippen molar-refractivity contribution < 1.29 is 29.3 Å². The minimum absolute atomic E-state index is 0.0239. The summed E-state index contributed by atoms with van der Waals surface area (Å²) in [6, 6.07) is 11.2. The van der Waals surface area contributed by atoms with Crippen LogP contribution in [0.25, 0.3) is 0 Å². The Hall–Kier alpha value is -2.65. The lowest BCUT2D eigenvalue weighted by molar-refractivity contribution is -0.381. The standard InChI is InChI=1S/C21H23BrN2O6/c22-17-11-16(18(23-27)20-19(17)29-14-30-20)12-24(9-5-2-6-10-25)21(26)28-13-15-7-3-1-4-8-15/h1,3-4,7-8,11,25H,2,5-6,9-10,12-14H2/p+1. The van der Waals surface area contributed by atoms with Crippen LogP contribution in [0.15, 0.2) is 40.9 Å². The van der Waals surface area contributed by atoms with Crippen LogP contribution in [0.1, 0.15) is 30.4 Å². The molecule has 1 heterocycles. The van der Waals surface area contributed by atoms with Gasteiger partial charge in [0.1, 0.15) is 6.61 Å². The molecule has 1 aliphatic rings. The number of nitrogens with zero attached hydrogens (tertiary/aromatic N) is 1. The van der Waals surface area contributed by atoms with Crippen LogP contribution in [-0.4, -0.2) is 36.0 Å². The van der Waals surface area contributed by atoms with E-state index in [4.69, 9.17) is 19.3 Å². The molecule has 1 amide bonds. The van der Waals surface area contributed by atoms with Crippen molar-refractivity contribution in [1.29, 1.82) is 0 Å². The van der Waals surface area contributed by atoms with Crippen LogP contribution >= 0.6 is 15.9 Å². The number of nitrogens with one attached hydrogen (secondary N) is 1. The molecule has 0 fully saturated rings. The van der Waals surface area contributed by atoms with E-state index in [1.807, 2.05) is 35.5 Å². The van der Waals surface area contributed by atoms with Crippen molar-refractivity contribution in [3.05, 3.63) is 56.9 Å². The third-order valence-electron chi connectivity index (χ3n) is 4.69. The van der Waals surface area contributed by atoms with Crippen molar-refractivity contribution >= 4 is 27.7 Å². The number of unbranched alkanes of at least 4 members (excludes halogenated alkanes) is 2. The fourth-order valence-electron chi connectivity index (χ4n) is 3.16. The molecule has 0 atom stereocenters. The van der Waals surface area contributed by atoms with E-state index in [0.29, 0.717) is 40.9 Å². The van der Waals surface area contributed by atoms with E-state index in [-0.39, 0.29) is 32.2 Å². The normalized spacial score (nSPS) is 11.9. The van der Waals surface area contributed by atoms with Gasteiger partial charge in [0.2, 0.25) is 12.5 Å². The Balaban J connectivity index is 1.76. The minimum atomic E-state index is -0.478. The van der Waals surface area contributed by atoms with E-state index >= 15 is 0 Å². The number of benzene rings is 2. The predicted molar refractivity (Wildman–Crippen MR) is 112 cm³/mol. The maximum absolute atomic E-state index is 12.8. The highest BCUT2D eigenvalue weighted by Crippen LogP contribution is 2.45. The van der Waals surface area contributed by atoms with Crippen molar-refractivity contribution in [2.24, 2.45) is 0 Å². The second-order valence-electron chi connectivity index (χ2n) is 6.81. The smallest absolute Gasteiger partial charge is 0.410 e. The number of halogens is 1. The molecule has 3 rings (SSSR count). The van der Waals surface area contributed by atoms with Gasteiger partial charge in [0.05, 0.1) is 16.6 Å². The first-order chi connectivity index (χ1) is 14.6. The lowest BCUT2D eigenvalue weighted by Gasteiger charge is -2.22. The molecule has 0 aromatic heterocycles. The Labute approximate surface area is 182 Å². The third-order valence-corrected chi connectivity index (χ3v) is 5.28. The Morgan fingerprint density at radius 2 is 1.93 bits per heavy atom. The van der Waals surface area contributed by atoms with Crippen LogP contribution in [0.5, 0.6) is 11.5 Å². The van der Waals surface area contributed by atoms with E-state index in [2.05, 4.69) is 15.9 Å². The first kappa shape index (κ1) is 22.0. The van der Waals surface area contributed by atoms with Crippen LogP contribution in [0.3, 0.4) is 0 Å². The summed E-state index contributed by atoms with van der Waals surface area (Å²) >= 11 is 3.43. The third kappa shape index (κ3) is 5.48. The van der Waals surface area contributed by atoms with Crippen molar-refractivity contribution in [2.45, 2.75) is 32.4 Å². The average Bonchev–Trinajstić information content (AvgIpc) is 3.25. The Kier molecular flexibility index (Phi) is 8.04. The minimum Gasteiger partial charge on any atom is -0.452 e. The van der Waals surface area contributed by atoms with Crippen molar-refractivity contribution in [1.82, 2.24) is 4.90 Å². The van der Waals surface area contributed by atoms with Crippen molar-refractivity contribution in [3.63, 3.8) is 0 Å². The number of aliphatic hydroxyl groups is 1. The van der Waals surface area contributed by atoms with Gasteiger partial charge in [0.15, 0.2) is 5.75 Å². The van der Waals surface area contributed by atoms with Crippen LogP contribution < -0.4 is 14.7 Å². The summed E-state index contributed by atoms with van der Waals surface area (Å²) in [4.78, 5) is 26.0. The summed E-state index contributed by atoms with van der Waals surface area (Å²) in [5, 5.41) is 10.9. The summed E-state index contributed by atoms with van der Waals surface area (Å²) in [5.41, 5.74) is 1.71. The number of fused-ring (bicyclic) bond motifs is 1. The number of hydrogen-bond donors (Lipinski definition) is 2. The SMILES string of the molecule is O=[NH+]c1c(CN(CCCCCO)C(=O)OCc2ccccc2)cc(Br)c2c1OCO2. The molecule has 0 saturated carbocycles. The molecule has 8 nitrogen and oxygen atoms in total. The molecule has 30 heavy (non-hydrogen) atoms. The number of amides is 1. The van der Waals surface area contributed by atoms with Gasteiger partial charge in [-0.1, -0.05) is 30.3 Å². The van der Waals surface area contributed by atoms with Crippen molar-refractivity contribution in [2.75, 3.05) is 19.9 Å². The molecule has 0 aliphatic carbocycles. The topological polar surface area (TPSA) is 99.3 Å². The molecule has 2 aromatic rings. The molecule has 160 valence electrons. The van der Waals surface area contributed by atoms with Crippen LogP contribution in [0.2, 0.25) is 0 Å². The Morgan fingerprint density at radius 3 is 2.67 bits per heavy atom. The summed E-state index contributed by atoms with van der Waals surface area (Å²) in [5.74, 6) is 0.783. The Bertz CT molecular complexity index is 878. The summed E-state index contributed by atoms with van der Waals surface area (Å²) in [7, 11) is 0. The van der Waals surface area contributed by atoms with E-state index in [1.54, 1.807) is 11.0 Å². The van der Waals surface area contributed by atoms with Gasteiger partial charge in [-0.15, -0.1) is 0 Å². The zero-order valence-electron chi connectivity index (χ0n) is 16.4. The molecule has 0 spiro atoms. The number of hydrogen-bond acceptors (Lipinski definition) is 6. The second-order valence-corrected chi connectivity index (χ2v) is 7.66. The number of carbonyl (C=O) groups excluding carboxylic acids is 1. The first-order valence-electron chi connectivity index (χ1n) is 9.69. The van der Waals surface area contributed by atoms with E-state index < -0.39 is 6.09 Å². The monoisotopic (exact) mass is 479 g/mol. The molecule has 2 N–H and O–H groups in total. The molecular weight excluding hydrogens is 456 g/mol. The zero-order chi connectivity index (χ0) is 21.3. The summed E-state index contributed by atoms with van der Waals surface area (Å²) in [6.07, 6.45) is 1.66. The molecule has 2 aromatic carbocycles. The highest BCUT2D eigenvalue weighted by Gasteiger charge is 2.31. The van der Waals surface area contributed by atoms with Gasteiger partial charge in [-0.3, -0.25) is 0 Å². The fourth-order valence-corrected chi connectivity index (χ4v) is 3.73. The number of rotatable bonds is 10. The second kappa shape index (κ2) is 10.9. The number of carbonyl (C=O) groups is 1. The lowest BCUT2D eigenvalue weighted by atomic mass is 10.1. The van der Waals surface area contributed by atoms with Crippen molar-refractivity contribution in [3.8, 4) is 11.5 Å². The molecule has 0 saturated heterocycles. The maximum atomic E-state index is 12.8. The number of nitroso groups, excluding NO2 is 1. The zero-order valence-corrected chi connectivity index (χ0v) is 18.0. The van der Waals surface area contributed by atoms with Crippen LogP contribution in [0.4, 0.5) is 10.5 Å². The van der Waals surface area contributed by atoms with Gasteiger partial charge in [0, 0.05) is 23.2 Å². The average molecular weight is 480 g/mol. The molecule has 0 radical (unpaired) electrons. The largest absolute Gasteiger partial charge is 0.452 e. The maximum Gasteiger partial charge on any atom is 0.410 e. The summed E-state index contributed by atoms with van der Waals surface area (Å²) < 4.78 is 16.9. The number of ether oxygens (including phenoxy) is 3. The van der Waals surface area contributed by atoms with E-state index in [9.17, 15) is 9.70 Å². The molecule has 9 heteroatoms. The van der Waals surface area contributed by atoms with Gasteiger partial charge >= 0.3 is 11.8 Å². The number of aliphatic hydroxyl groups excluding tert-OH is 1. The summed E-state index contributed by atoms with van der Waals surface area (Å²) in [6.45, 7) is 0.878. The van der Waals surface area contributed by atoms with Crippen LogP contribution in [0, 0.1) is 4.91 Å². The molecule has 1 aliphatic heterocycles. The molecule has 0 bridgehead atoms. The Morgan fingerprint density at radius 1 is 1.17 bits per heavy atom. The molecular formula is C21H24BrN2O6+. The first-order valence-corrected chi connectivity index (χ1v) is 10.5. The fraction of sp³-hybridized carbons (Fsp3) is 0.381. The van der Waals surface area contributed by atoms with Gasteiger partial charge in [-0.05, 0) is 46.8 Å². The van der Waals surface area contributed by atoms with Gasteiger partial charge in [0.25, 0.3) is 0 Å². The highest BCUT2D eigenvalue weighted by molar-refractivity contribution is 9.10. The quantitative estimate of drug-likeness (QED) is 0.508. The highest BCUT2D eigenvalue weighted by atomic mass is 79.9.